The van der Waals surface area contributed by atoms with Crippen LogP contribution in [0.15, 0.2) is 30.3 Å². The van der Waals surface area contributed by atoms with Crippen LogP contribution in [-0.2, 0) is 20.7 Å². The van der Waals surface area contributed by atoms with E-state index >= 15 is 0 Å². The van der Waals surface area contributed by atoms with Gasteiger partial charge < -0.3 is 9.47 Å². The molecular formula is C25H29FO4. The summed E-state index contributed by atoms with van der Waals surface area (Å²) < 4.78 is 23.7. The number of carbonyl (C=O) groups excluding carboxylic acids is 2. The molecule has 1 aliphatic rings. The first-order chi connectivity index (χ1) is 14.1. The van der Waals surface area contributed by atoms with Crippen LogP contribution in [0.3, 0.4) is 0 Å². The third-order valence-corrected chi connectivity index (χ3v) is 6.05. The summed E-state index contributed by atoms with van der Waals surface area (Å²) in [5.74, 6) is -1.74. The summed E-state index contributed by atoms with van der Waals surface area (Å²) in [6.45, 7) is 8.33. The Kier molecular flexibility index (Phi) is 6.02. The highest BCUT2D eigenvalue weighted by Crippen LogP contribution is 2.48. The predicted octanol–water partition coefficient (Wildman–Crippen LogP) is 5.63. The fourth-order valence-electron chi connectivity index (χ4n) is 4.89. The van der Waals surface area contributed by atoms with Gasteiger partial charge in [-0.1, -0.05) is 39.0 Å². The van der Waals surface area contributed by atoms with E-state index in [1.807, 2.05) is 6.07 Å². The summed E-state index contributed by atoms with van der Waals surface area (Å²) in [5.41, 5.74) is 4.67. The monoisotopic (exact) mass is 412 g/mol. The summed E-state index contributed by atoms with van der Waals surface area (Å²) in [4.78, 5) is 25.4. The molecule has 0 N–H and O–H groups in total. The number of hydrogen-bond donors (Lipinski definition) is 0. The summed E-state index contributed by atoms with van der Waals surface area (Å²) in [6, 6.07) is 8.09. The number of carbonyl (C=O) groups is 2. The number of methoxy groups -OCH3 is 2. The van der Waals surface area contributed by atoms with Gasteiger partial charge in [0.2, 0.25) is 0 Å². The third-order valence-electron chi connectivity index (χ3n) is 6.05. The van der Waals surface area contributed by atoms with Crippen molar-refractivity contribution < 1.29 is 23.5 Å². The van der Waals surface area contributed by atoms with Gasteiger partial charge in [-0.3, -0.25) is 4.79 Å². The van der Waals surface area contributed by atoms with E-state index in [-0.39, 0.29) is 17.2 Å². The van der Waals surface area contributed by atoms with Gasteiger partial charge in [-0.2, -0.15) is 0 Å². The maximum atomic E-state index is 13.7. The highest BCUT2D eigenvalue weighted by Gasteiger charge is 2.36. The molecule has 0 saturated carbocycles. The van der Waals surface area contributed by atoms with Crippen molar-refractivity contribution in [3.63, 3.8) is 0 Å². The van der Waals surface area contributed by atoms with Crippen molar-refractivity contribution in [2.24, 2.45) is 5.41 Å². The molecule has 0 fully saturated rings. The SMILES string of the molecule is COC(=O)c1c(C(C)C(=O)OC)cc2c(c1-c1ccc(F)cc1)C(C)CC(C)(C)C2. The highest BCUT2D eigenvalue weighted by molar-refractivity contribution is 6.02. The number of fused-ring (bicyclic) bond motifs is 1. The lowest BCUT2D eigenvalue weighted by Gasteiger charge is -2.38. The van der Waals surface area contributed by atoms with Crippen molar-refractivity contribution in [2.75, 3.05) is 14.2 Å². The van der Waals surface area contributed by atoms with Crippen molar-refractivity contribution in [1.29, 1.82) is 0 Å². The molecule has 30 heavy (non-hydrogen) atoms. The average Bonchev–Trinajstić information content (AvgIpc) is 2.70. The lowest BCUT2D eigenvalue weighted by molar-refractivity contribution is -0.142. The molecule has 4 nitrogen and oxygen atoms in total. The normalized spacial score (nSPS) is 18.3. The second-order valence-electron chi connectivity index (χ2n) is 8.98. The van der Waals surface area contributed by atoms with E-state index in [2.05, 4.69) is 20.8 Å². The van der Waals surface area contributed by atoms with Gasteiger partial charge in [0.25, 0.3) is 0 Å². The topological polar surface area (TPSA) is 52.6 Å². The molecule has 2 aromatic rings. The molecule has 2 aromatic carbocycles. The van der Waals surface area contributed by atoms with E-state index in [9.17, 15) is 14.0 Å². The maximum Gasteiger partial charge on any atom is 0.338 e. The molecule has 2 unspecified atom stereocenters. The summed E-state index contributed by atoms with van der Waals surface area (Å²) in [6.07, 6.45) is 1.78. The predicted molar refractivity (Wildman–Crippen MR) is 114 cm³/mol. The van der Waals surface area contributed by atoms with E-state index in [0.29, 0.717) is 11.1 Å². The number of ether oxygens (including phenoxy) is 2. The van der Waals surface area contributed by atoms with Crippen molar-refractivity contribution in [2.45, 2.75) is 52.4 Å². The molecule has 2 atom stereocenters. The third kappa shape index (κ3) is 3.98. The zero-order valence-electron chi connectivity index (χ0n) is 18.5. The zero-order chi connectivity index (χ0) is 22.2. The number of hydrogen-bond acceptors (Lipinski definition) is 4. The van der Waals surface area contributed by atoms with E-state index in [1.165, 1.54) is 26.4 Å². The number of esters is 2. The number of benzene rings is 2. The number of halogens is 1. The van der Waals surface area contributed by atoms with Gasteiger partial charge >= 0.3 is 11.9 Å². The van der Waals surface area contributed by atoms with Gasteiger partial charge in [-0.15, -0.1) is 0 Å². The van der Waals surface area contributed by atoms with Crippen molar-refractivity contribution >= 4 is 11.9 Å². The molecule has 1 aliphatic carbocycles. The molecule has 0 aliphatic heterocycles. The fraction of sp³-hybridized carbons (Fsp3) is 0.440. The second-order valence-corrected chi connectivity index (χ2v) is 8.98. The van der Waals surface area contributed by atoms with Crippen molar-refractivity contribution in [3.8, 4) is 11.1 Å². The van der Waals surface area contributed by atoms with Gasteiger partial charge in [0.15, 0.2) is 0 Å². The summed E-state index contributed by atoms with van der Waals surface area (Å²) in [5, 5.41) is 0. The lowest BCUT2D eigenvalue weighted by Crippen LogP contribution is -2.27. The smallest absolute Gasteiger partial charge is 0.338 e. The van der Waals surface area contributed by atoms with Crippen LogP contribution in [-0.4, -0.2) is 26.2 Å². The van der Waals surface area contributed by atoms with E-state index in [1.54, 1.807) is 19.1 Å². The second kappa shape index (κ2) is 8.21. The number of rotatable bonds is 4. The van der Waals surface area contributed by atoms with E-state index in [0.717, 1.165) is 35.1 Å². The highest BCUT2D eigenvalue weighted by atomic mass is 19.1. The molecular weight excluding hydrogens is 383 g/mol. The van der Waals surface area contributed by atoms with E-state index in [4.69, 9.17) is 9.47 Å². The molecule has 0 radical (unpaired) electrons. The molecule has 0 heterocycles. The van der Waals surface area contributed by atoms with Gasteiger partial charge in [0.05, 0.1) is 25.7 Å². The minimum absolute atomic E-state index is 0.0883. The Balaban J connectivity index is 2.42. The van der Waals surface area contributed by atoms with Gasteiger partial charge in [-0.25, -0.2) is 9.18 Å². The maximum absolute atomic E-state index is 13.7. The minimum atomic E-state index is -0.644. The first-order valence-corrected chi connectivity index (χ1v) is 10.2. The molecule has 0 saturated heterocycles. The largest absolute Gasteiger partial charge is 0.469 e. The van der Waals surface area contributed by atoms with Gasteiger partial charge in [-0.05, 0) is 65.5 Å². The van der Waals surface area contributed by atoms with Crippen molar-refractivity contribution in [1.82, 2.24) is 0 Å². The van der Waals surface area contributed by atoms with Crippen LogP contribution < -0.4 is 0 Å². The summed E-state index contributed by atoms with van der Waals surface area (Å²) >= 11 is 0. The van der Waals surface area contributed by atoms with Crippen LogP contribution in [0, 0.1) is 11.2 Å². The van der Waals surface area contributed by atoms with Gasteiger partial charge in [0.1, 0.15) is 5.82 Å². The molecule has 3 rings (SSSR count). The Morgan fingerprint density at radius 1 is 1.13 bits per heavy atom. The Bertz CT molecular complexity index is 976. The first kappa shape index (κ1) is 22.0. The van der Waals surface area contributed by atoms with Crippen LogP contribution in [0.2, 0.25) is 0 Å². The zero-order valence-corrected chi connectivity index (χ0v) is 18.5. The molecule has 0 spiro atoms. The van der Waals surface area contributed by atoms with Crippen LogP contribution in [0.5, 0.6) is 0 Å². The summed E-state index contributed by atoms with van der Waals surface area (Å²) in [7, 11) is 2.66. The molecule has 160 valence electrons. The Labute approximate surface area is 177 Å². The molecule has 5 heteroatoms. The van der Waals surface area contributed by atoms with Crippen molar-refractivity contribution in [3.05, 3.63) is 58.4 Å². The molecule has 0 aromatic heterocycles. The van der Waals surface area contributed by atoms with Gasteiger partial charge in [0, 0.05) is 5.56 Å². The minimum Gasteiger partial charge on any atom is -0.469 e. The first-order valence-electron chi connectivity index (χ1n) is 10.2. The lowest BCUT2D eigenvalue weighted by atomic mass is 9.66. The fourth-order valence-corrected chi connectivity index (χ4v) is 4.89. The van der Waals surface area contributed by atoms with Crippen LogP contribution in [0.1, 0.15) is 73.0 Å². The van der Waals surface area contributed by atoms with Crippen LogP contribution >= 0.6 is 0 Å². The Morgan fingerprint density at radius 3 is 2.33 bits per heavy atom. The average molecular weight is 413 g/mol. The standard InChI is InChI=1S/C25H29FO4/c1-14-12-25(3,4)13-17-11-19(15(2)23(27)29-5)22(24(28)30-6)21(20(14)17)16-7-9-18(26)10-8-16/h7-11,14-15H,12-13H2,1-6H3. The quantitative estimate of drug-likeness (QED) is 0.611. The Morgan fingerprint density at radius 2 is 1.77 bits per heavy atom. The molecule has 0 bridgehead atoms. The van der Waals surface area contributed by atoms with Crippen LogP contribution in [0.4, 0.5) is 4.39 Å². The Hall–Kier alpha value is -2.69. The van der Waals surface area contributed by atoms with E-state index < -0.39 is 17.9 Å². The van der Waals surface area contributed by atoms with Crippen LogP contribution in [0.25, 0.3) is 11.1 Å². The molecule has 0 amide bonds.